The van der Waals surface area contributed by atoms with Crippen LogP contribution in [0, 0.1) is 11.7 Å². The van der Waals surface area contributed by atoms with Crippen molar-refractivity contribution in [2.24, 2.45) is 11.7 Å². The molecule has 1 aromatic carbocycles. The van der Waals surface area contributed by atoms with Crippen molar-refractivity contribution in [3.63, 3.8) is 0 Å². The minimum Gasteiger partial charge on any atom is -0.355 e. The van der Waals surface area contributed by atoms with Gasteiger partial charge in [0.15, 0.2) is 0 Å². The predicted molar refractivity (Wildman–Crippen MR) is 90.5 cm³/mol. The van der Waals surface area contributed by atoms with Gasteiger partial charge in [-0.25, -0.2) is 9.82 Å². The Labute approximate surface area is 146 Å². The van der Waals surface area contributed by atoms with E-state index in [0.29, 0.717) is 31.6 Å². The lowest BCUT2D eigenvalue weighted by Gasteiger charge is -2.28. The third kappa shape index (κ3) is 3.65. The van der Waals surface area contributed by atoms with Crippen molar-refractivity contribution in [1.29, 1.82) is 0 Å². The number of nitrogens with zero attached hydrogens (tertiary/aromatic N) is 1. The van der Waals surface area contributed by atoms with Gasteiger partial charge in [-0.1, -0.05) is 12.1 Å². The lowest BCUT2D eigenvalue weighted by molar-refractivity contribution is -0.141. The second-order valence-electron chi connectivity index (χ2n) is 6.56. The molecule has 1 aromatic rings. The van der Waals surface area contributed by atoms with Crippen molar-refractivity contribution in [2.75, 3.05) is 19.6 Å². The van der Waals surface area contributed by atoms with Gasteiger partial charge in [-0.3, -0.25) is 15.0 Å². The molecule has 0 aromatic heterocycles. The molecular formula is C17H24FN5O2. The Hall–Kier alpha value is -2.03. The zero-order valence-electron chi connectivity index (χ0n) is 14.2. The number of carbonyl (C=O) groups is 2. The van der Waals surface area contributed by atoms with E-state index in [0.717, 1.165) is 0 Å². The molecule has 0 aliphatic carbocycles. The maximum absolute atomic E-state index is 13.5. The zero-order valence-corrected chi connectivity index (χ0v) is 14.2. The summed E-state index contributed by atoms with van der Waals surface area (Å²) in [4.78, 5) is 26.9. The molecular weight excluding hydrogens is 325 g/mol. The van der Waals surface area contributed by atoms with Crippen LogP contribution in [-0.4, -0.2) is 48.4 Å². The predicted octanol–water partition coefficient (Wildman–Crippen LogP) is -0.345. The fourth-order valence-electron chi connectivity index (χ4n) is 3.61. The van der Waals surface area contributed by atoms with E-state index in [1.165, 1.54) is 12.1 Å². The smallest absolute Gasteiger partial charge is 0.242 e. The molecule has 2 fully saturated rings. The standard InChI is InChI=1S/C17H24FN5O2/c1-2-20-16(24)14-7-12(19)9-23(14)17(25)13-8-21-22-15(13)10-4-3-5-11(18)6-10/h3-6,12-15,21-22H,2,7-9,19H2,1H3,(H,20,24)/t12-,13?,14+,15?/m1/s1. The molecule has 0 bridgehead atoms. The minimum atomic E-state index is -0.545. The Morgan fingerprint density at radius 1 is 1.44 bits per heavy atom. The highest BCUT2D eigenvalue weighted by atomic mass is 19.1. The summed E-state index contributed by atoms with van der Waals surface area (Å²) in [7, 11) is 0. The maximum atomic E-state index is 13.5. The number of likely N-dealkylation sites (tertiary alicyclic amines) is 1. The van der Waals surface area contributed by atoms with E-state index in [4.69, 9.17) is 5.73 Å². The van der Waals surface area contributed by atoms with Crippen LogP contribution in [0.25, 0.3) is 0 Å². The summed E-state index contributed by atoms with van der Waals surface area (Å²) in [6, 6.07) is 5.08. The van der Waals surface area contributed by atoms with Gasteiger partial charge in [-0.05, 0) is 31.0 Å². The molecule has 4 atom stereocenters. The van der Waals surface area contributed by atoms with Crippen molar-refractivity contribution >= 4 is 11.8 Å². The first-order chi connectivity index (χ1) is 12.0. The molecule has 0 saturated carbocycles. The van der Waals surface area contributed by atoms with Gasteiger partial charge >= 0.3 is 0 Å². The van der Waals surface area contributed by atoms with E-state index in [-0.39, 0.29) is 29.7 Å². The number of rotatable bonds is 4. The van der Waals surface area contributed by atoms with Crippen molar-refractivity contribution in [3.05, 3.63) is 35.6 Å². The van der Waals surface area contributed by atoms with E-state index in [2.05, 4.69) is 16.2 Å². The molecule has 7 nitrogen and oxygen atoms in total. The number of carbonyl (C=O) groups excluding carboxylic acids is 2. The normalized spacial score (nSPS) is 29.0. The fraction of sp³-hybridized carbons (Fsp3) is 0.529. The summed E-state index contributed by atoms with van der Waals surface area (Å²) >= 11 is 0. The molecule has 2 heterocycles. The quantitative estimate of drug-likeness (QED) is 0.596. The van der Waals surface area contributed by atoms with Gasteiger partial charge in [0, 0.05) is 25.7 Å². The lowest BCUT2D eigenvalue weighted by Crippen LogP contribution is -2.49. The van der Waals surface area contributed by atoms with Gasteiger partial charge in [0.05, 0.1) is 12.0 Å². The highest BCUT2D eigenvalue weighted by molar-refractivity contribution is 5.90. The van der Waals surface area contributed by atoms with Crippen molar-refractivity contribution in [3.8, 4) is 0 Å². The Morgan fingerprint density at radius 3 is 2.96 bits per heavy atom. The Bertz CT molecular complexity index is 656. The van der Waals surface area contributed by atoms with Crippen LogP contribution in [0.1, 0.15) is 24.9 Å². The number of likely N-dealkylation sites (N-methyl/N-ethyl adjacent to an activating group) is 1. The van der Waals surface area contributed by atoms with Crippen LogP contribution < -0.4 is 21.9 Å². The largest absolute Gasteiger partial charge is 0.355 e. The van der Waals surface area contributed by atoms with Crippen LogP contribution in [-0.2, 0) is 9.59 Å². The number of amides is 2. The molecule has 3 rings (SSSR count). The molecule has 136 valence electrons. The third-order valence-electron chi connectivity index (χ3n) is 4.78. The van der Waals surface area contributed by atoms with Crippen LogP contribution in [0.3, 0.4) is 0 Å². The summed E-state index contributed by atoms with van der Waals surface area (Å²) in [6.07, 6.45) is 0.454. The van der Waals surface area contributed by atoms with Gasteiger partial charge in [0.2, 0.25) is 11.8 Å². The summed E-state index contributed by atoms with van der Waals surface area (Å²) in [5.74, 6) is -1.09. The molecule has 0 radical (unpaired) electrons. The van der Waals surface area contributed by atoms with Gasteiger partial charge in [0.25, 0.3) is 0 Å². The highest BCUT2D eigenvalue weighted by Gasteiger charge is 2.44. The van der Waals surface area contributed by atoms with E-state index in [9.17, 15) is 14.0 Å². The topological polar surface area (TPSA) is 99.5 Å². The van der Waals surface area contributed by atoms with E-state index in [1.54, 1.807) is 17.0 Å². The van der Waals surface area contributed by atoms with Gasteiger partial charge < -0.3 is 16.0 Å². The summed E-state index contributed by atoms with van der Waals surface area (Å²) < 4.78 is 13.5. The first-order valence-corrected chi connectivity index (χ1v) is 8.59. The number of hydrogen-bond acceptors (Lipinski definition) is 5. The molecule has 25 heavy (non-hydrogen) atoms. The average molecular weight is 349 g/mol. The number of benzene rings is 1. The highest BCUT2D eigenvalue weighted by Crippen LogP contribution is 2.29. The van der Waals surface area contributed by atoms with Gasteiger partial charge in [-0.15, -0.1) is 0 Å². The van der Waals surface area contributed by atoms with E-state index in [1.807, 2.05) is 6.92 Å². The lowest BCUT2D eigenvalue weighted by atomic mass is 9.93. The van der Waals surface area contributed by atoms with E-state index >= 15 is 0 Å². The third-order valence-corrected chi connectivity index (χ3v) is 4.78. The summed E-state index contributed by atoms with van der Waals surface area (Å²) in [5, 5.41) is 2.76. The molecule has 2 aliphatic heterocycles. The SMILES string of the molecule is CCNC(=O)[C@@H]1C[C@@H](N)CN1C(=O)C1CNNC1c1cccc(F)c1. The first kappa shape index (κ1) is 17.8. The maximum Gasteiger partial charge on any atom is 0.242 e. The monoisotopic (exact) mass is 349 g/mol. The fourth-order valence-corrected chi connectivity index (χ4v) is 3.61. The van der Waals surface area contributed by atoms with Crippen LogP contribution in [0.2, 0.25) is 0 Å². The Balaban J connectivity index is 1.79. The summed E-state index contributed by atoms with van der Waals surface area (Å²) in [6.45, 7) is 3.11. The molecule has 2 amide bonds. The van der Waals surface area contributed by atoms with Crippen LogP contribution in [0.4, 0.5) is 4.39 Å². The average Bonchev–Trinajstić information content (AvgIpc) is 3.21. The molecule has 0 spiro atoms. The van der Waals surface area contributed by atoms with Crippen LogP contribution >= 0.6 is 0 Å². The zero-order chi connectivity index (χ0) is 18.0. The Morgan fingerprint density at radius 2 is 2.24 bits per heavy atom. The number of hydrogen-bond donors (Lipinski definition) is 4. The van der Waals surface area contributed by atoms with Crippen molar-refractivity contribution in [1.82, 2.24) is 21.1 Å². The van der Waals surface area contributed by atoms with Crippen LogP contribution in [0.5, 0.6) is 0 Å². The number of nitrogens with two attached hydrogens (primary N) is 1. The second kappa shape index (κ2) is 7.47. The molecule has 8 heteroatoms. The molecule has 5 N–H and O–H groups in total. The molecule has 2 aliphatic rings. The number of hydrazine groups is 1. The molecule has 2 saturated heterocycles. The van der Waals surface area contributed by atoms with E-state index < -0.39 is 12.0 Å². The van der Waals surface area contributed by atoms with Gasteiger partial charge in [-0.2, -0.15) is 0 Å². The van der Waals surface area contributed by atoms with Crippen molar-refractivity contribution < 1.29 is 14.0 Å². The van der Waals surface area contributed by atoms with Crippen molar-refractivity contribution in [2.45, 2.75) is 31.5 Å². The Kier molecular flexibility index (Phi) is 5.31. The second-order valence-corrected chi connectivity index (χ2v) is 6.56. The van der Waals surface area contributed by atoms with Crippen LogP contribution in [0.15, 0.2) is 24.3 Å². The number of nitrogens with one attached hydrogen (secondary N) is 3. The molecule has 2 unspecified atom stereocenters. The van der Waals surface area contributed by atoms with Gasteiger partial charge in [0.1, 0.15) is 11.9 Å². The summed E-state index contributed by atoms with van der Waals surface area (Å²) in [5.41, 5.74) is 12.7. The number of halogens is 1. The first-order valence-electron chi connectivity index (χ1n) is 8.59. The minimum absolute atomic E-state index is 0.143.